The van der Waals surface area contributed by atoms with Crippen molar-refractivity contribution in [3.63, 3.8) is 0 Å². The van der Waals surface area contributed by atoms with Gasteiger partial charge in [-0.1, -0.05) is 0 Å². The summed E-state index contributed by atoms with van der Waals surface area (Å²) < 4.78 is 43.5. The predicted molar refractivity (Wildman–Crippen MR) is 109 cm³/mol. The van der Waals surface area contributed by atoms with E-state index in [1.54, 1.807) is 26.1 Å². The summed E-state index contributed by atoms with van der Waals surface area (Å²) in [6.45, 7) is 4.63. The van der Waals surface area contributed by atoms with E-state index < -0.39 is 10.0 Å². The number of ether oxygens (including phenoxy) is 1. The molecule has 0 amide bonds. The Kier molecular flexibility index (Phi) is 11.7. The monoisotopic (exact) mass is 488 g/mol. The maximum Gasteiger partial charge on any atom is 0.211 e. The smallest absolute Gasteiger partial charge is 0.211 e. The Labute approximate surface area is 165 Å². The summed E-state index contributed by atoms with van der Waals surface area (Å²) in [5.41, 5.74) is 0. The van der Waals surface area contributed by atoms with Gasteiger partial charge in [-0.05, 0) is 38.1 Å². The molecule has 144 valence electrons. The minimum Gasteiger partial charge on any atom is -0.489 e. The molecule has 0 saturated heterocycles. The van der Waals surface area contributed by atoms with Crippen LogP contribution in [0.25, 0.3) is 0 Å². The number of nitrogens with one attached hydrogen (secondary N) is 3. The molecule has 3 N–H and O–H groups in total. The van der Waals surface area contributed by atoms with Crippen LogP contribution in [-0.4, -0.2) is 52.9 Å². The third-order valence-electron chi connectivity index (χ3n) is 3.05. The van der Waals surface area contributed by atoms with E-state index in [1.165, 1.54) is 12.1 Å². The molecule has 1 aromatic carbocycles. The Balaban J connectivity index is 0.00000576. The molecular weight excluding hydrogens is 462 g/mol. The quantitative estimate of drug-likeness (QED) is 0.211. The molecule has 1 rings (SSSR count). The number of sulfonamides is 1. The van der Waals surface area contributed by atoms with Gasteiger partial charge < -0.3 is 15.4 Å². The third-order valence-corrected chi connectivity index (χ3v) is 4.45. The number of nitrogens with zero attached hydrogens (tertiary/aromatic N) is 1. The fourth-order valence-electron chi connectivity index (χ4n) is 1.74. The van der Waals surface area contributed by atoms with Crippen molar-refractivity contribution < 1.29 is 17.5 Å². The SMILES string of the molecule is CCS(=O)(=O)NCCNC(=NC)NCC(C)Oc1ccc(F)cc1.I. The molecule has 0 aliphatic rings. The number of halogens is 2. The lowest BCUT2D eigenvalue weighted by atomic mass is 10.3. The summed E-state index contributed by atoms with van der Waals surface area (Å²) in [5, 5.41) is 6.07. The summed E-state index contributed by atoms with van der Waals surface area (Å²) in [6, 6.07) is 5.82. The van der Waals surface area contributed by atoms with Gasteiger partial charge in [-0.15, -0.1) is 24.0 Å². The van der Waals surface area contributed by atoms with Crippen LogP contribution in [0.15, 0.2) is 29.3 Å². The molecule has 0 aliphatic heterocycles. The fourth-order valence-corrected chi connectivity index (χ4v) is 2.35. The van der Waals surface area contributed by atoms with Crippen LogP contribution < -0.4 is 20.1 Å². The van der Waals surface area contributed by atoms with Gasteiger partial charge in [0.2, 0.25) is 10.0 Å². The molecule has 0 fully saturated rings. The summed E-state index contributed by atoms with van der Waals surface area (Å²) in [6.07, 6.45) is -0.160. The van der Waals surface area contributed by atoms with Crippen LogP contribution in [0, 0.1) is 5.82 Å². The van der Waals surface area contributed by atoms with E-state index in [-0.39, 0.29) is 48.2 Å². The van der Waals surface area contributed by atoms with Crippen LogP contribution in [0.3, 0.4) is 0 Å². The zero-order chi connectivity index (χ0) is 18.0. The van der Waals surface area contributed by atoms with E-state index in [0.29, 0.717) is 24.8 Å². The van der Waals surface area contributed by atoms with Crippen molar-refractivity contribution in [1.82, 2.24) is 15.4 Å². The molecule has 0 radical (unpaired) electrons. The van der Waals surface area contributed by atoms with Crippen molar-refractivity contribution in [2.75, 3.05) is 32.4 Å². The van der Waals surface area contributed by atoms with Crippen molar-refractivity contribution in [2.45, 2.75) is 20.0 Å². The van der Waals surface area contributed by atoms with Crippen molar-refractivity contribution in [1.29, 1.82) is 0 Å². The van der Waals surface area contributed by atoms with Gasteiger partial charge in [0.15, 0.2) is 5.96 Å². The van der Waals surface area contributed by atoms with E-state index in [9.17, 15) is 12.8 Å². The molecule has 0 aromatic heterocycles. The molecule has 10 heteroatoms. The first-order valence-electron chi connectivity index (χ1n) is 7.70. The largest absolute Gasteiger partial charge is 0.489 e. The van der Waals surface area contributed by atoms with E-state index in [2.05, 4.69) is 20.3 Å². The summed E-state index contributed by atoms with van der Waals surface area (Å²) in [4.78, 5) is 4.04. The molecule has 7 nitrogen and oxygen atoms in total. The Morgan fingerprint density at radius 2 is 1.88 bits per heavy atom. The van der Waals surface area contributed by atoms with Gasteiger partial charge in [-0.25, -0.2) is 17.5 Å². The first-order valence-corrected chi connectivity index (χ1v) is 9.35. The van der Waals surface area contributed by atoms with Gasteiger partial charge in [0.25, 0.3) is 0 Å². The summed E-state index contributed by atoms with van der Waals surface area (Å²) in [7, 11) is -1.56. The topological polar surface area (TPSA) is 91.8 Å². The minimum absolute atomic E-state index is 0. The van der Waals surface area contributed by atoms with E-state index in [0.717, 1.165) is 0 Å². The average molecular weight is 488 g/mol. The highest BCUT2D eigenvalue weighted by molar-refractivity contribution is 14.0. The number of guanidine groups is 1. The van der Waals surface area contributed by atoms with Crippen molar-refractivity contribution in [2.24, 2.45) is 4.99 Å². The zero-order valence-corrected chi connectivity index (χ0v) is 17.7. The van der Waals surface area contributed by atoms with Gasteiger partial charge in [-0.2, -0.15) is 0 Å². The minimum atomic E-state index is -3.18. The third kappa shape index (κ3) is 10.4. The maximum atomic E-state index is 12.8. The van der Waals surface area contributed by atoms with E-state index in [1.807, 2.05) is 6.92 Å². The van der Waals surface area contributed by atoms with E-state index in [4.69, 9.17) is 4.74 Å². The lowest BCUT2D eigenvalue weighted by Crippen LogP contribution is -2.44. The molecule has 0 aliphatic carbocycles. The Hall–Kier alpha value is -1.14. The van der Waals surface area contributed by atoms with E-state index >= 15 is 0 Å². The lowest BCUT2D eigenvalue weighted by Gasteiger charge is -2.17. The number of benzene rings is 1. The highest BCUT2D eigenvalue weighted by Gasteiger charge is 2.07. The van der Waals surface area contributed by atoms with Gasteiger partial charge >= 0.3 is 0 Å². The second kappa shape index (κ2) is 12.3. The average Bonchev–Trinajstić information content (AvgIpc) is 2.56. The second-order valence-electron chi connectivity index (χ2n) is 5.06. The molecule has 0 spiro atoms. The van der Waals surface area contributed by atoms with Crippen LogP contribution >= 0.6 is 24.0 Å². The van der Waals surface area contributed by atoms with Crippen molar-refractivity contribution in [3.8, 4) is 5.75 Å². The molecule has 0 heterocycles. The summed E-state index contributed by atoms with van der Waals surface area (Å²) >= 11 is 0. The normalized spacial score (nSPS) is 12.9. The van der Waals surface area contributed by atoms with Gasteiger partial charge in [-0.3, -0.25) is 4.99 Å². The molecule has 0 bridgehead atoms. The van der Waals surface area contributed by atoms with Gasteiger partial charge in [0.05, 0.1) is 12.3 Å². The second-order valence-corrected chi connectivity index (χ2v) is 7.16. The predicted octanol–water partition coefficient (Wildman–Crippen LogP) is 1.32. The first-order chi connectivity index (χ1) is 11.4. The van der Waals surface area contributed by atoms with Crippen LogP contribution in [-0.2, 0) is 10.0 Å². The van der Waals surface area contributed by atoms with Crippen LogP contribution in [0.1, 0.15) is 13.8 Å². The van der Waals surface area contributed by atoms with Crippen LogP contribution in [0.5, 0.6) is 5.75 Å². The lowest BCUT2D eigenvalue weighted by molar-refractivity contribution is 0.223. The summed E-state index contributed by atoms with van der Waals surface area (Å²) in [5.74, 6) is 0.873. The zero-order valence-electron chi connectivity index (χ0n) is 14.6. The first kappa shape index (κ1) is 23.9. The number of aliphatic imine (C=N–C) groups is 1. The molecule has 1 atom stereocenters. The number of hydrogen-bond acceptors (Lipinski definition) is 4. The Morgan fingerprint density at radius 3 is 2.44 bits per heavy atom. The van der Waals surface area contributed by atoms with Crippen molar-refractivity contribution >= 4 is 40.0 Å². The molecule has 1 aromatic rings. The van der Waals surface area contributed by atoms with Crippen LogP contribution in [0.4, 0.5) is 4.39 Å². The number of hydrogen-bond donors (Lipinski definition) is 3. The molecular formula is C15H26FIN4O3S. The van der Waals surface area contributed by atoms with Crippen molar-refractivity contribution in [3.05, 3.63) is 30.1 Å². The number of rotatable bonds is 9. The standard InChI is InChI=1S/C15H25FN4O3S.HI/c1-4-24(21,22)20-10-9-18-15(17-3)19-11-12(2)23-14-7-5-13(16)6-8-14;/h5-8,12,20H,4,9-11H2,1-3H3,(H2,17,18,19);1H. The highest BCUT2D eigenvalue weighted by atomic mass is 127. The maximum absolute atomic E-state index is 12.8. The molecule has 1 unspecified atom stereocenters. The Morgan fingerprint density at radius 1 is 1.24 bits per heavy atom. The molecule has 25 heavy (non-hydrogen) atoms. The fraction of sp³-hybridized carbons (Fsp3) is 0.533. The highest BCUT2D eigenvalue weighted by Crippen LogP contribution is 2.12. The Bertz CT molecular complexity index is 626. The van der Waals surface area contributed by atoms with Gasteiger partial charge in [0, 0.05) is 20.1 Å². The van der Waals surface area contributed by atoms with Gasteiger partial charge in [0.1, 0.15) is 17.7 Å². The van der Waals surface area contributed by atoms with Crippen LogP contribution in [0.2, 0.25) is 0 Å². The molecule has 0 saturated carbocycles.